The van der Waals surface area contributed by atoms with E-state index in [2.05, 4.69) is 93.2 Å². The van der Waals surface area contributed by atoms with Crippen LogP contribution in [0, 0.1) is 23.7 Å². The van der Waals surface area contributed by atoms with Crippen molar-refractivity contribution in [2.75, 3.05) is 13.2 Å². The van der Waals surface area contributed by atoms with E-state index in [1.165, 1.54) is 103 Å². The Hall–Kier alpha value is -0.160. The van der Waals surface area contributed by atoms with Gasteiger partial charge >= 0.3 is 0 Å². The van der Waals surface area contributed by atoms with Crippen molar-refractivity contribution in [3.05, 3.63) is 0 Å². The summed E-state index contributed by atoms with van der Waals surface area (Å²) < 4.78 is 0. The molecule has 4 nitrogen and oxygen atoms in total. The lowest BCUT2D eigenvalue weighted by Gasteiger charge is -2.58. The molecule has 0 bridgehead atoms. The van der Waals surface area contributed by atoms with Gasteiger partial charge in [-0.1, -0.05) is 106 Å². The second kappa shape index (κ2) is 17.0. The Morgan fingerprint density at radius 3 is 1.21 bits per heavy atom. The first-order valence-electron chi connectivity index (χ1n) is 18.5. The smallest absolute Gasteiger partial charge is 0.0685 e. The summed E-state index contributed by atoms with van der Waals surface area (Å²) in [6.45, 7) is 30.7. The van der Waals surface area contributed by atoms with Crippen LogP contribution in [0.25, 0.3) is 0 Å². The Morgan fingerprint density at radius 1 is 0.524 bits per heavy atom. The second-order valence-corrected chi connectivity index (χ2v) is 16.9. The molecular formula is C38H76N2O2. The minimum atomic E-state index is 0.0604. The molecular weight excluding hydrogens is 516 g/mol. The molecule has 0 aromatic rings. The van der Waals surface area contributed by atoms with Gasteiger partial charge in [-0.05, 0) is 104 Å². The lowest BCUT2D eigenvalue weighted by atomic mass is 9.66. The maximum Gasteiger partial charge on any atom is 0.0685 e. The molecule has 0 spiro atoms. The minimum absolute atomic E-state index is 0.0604. The molecule has 4 atom stereocenters. The molecule has 42 heavy (non-hydrogen) atoms. The molecule has 0 radical (unpaired) electrons. The lowest BCUT2D eigenvalue weighted by molar-refractivity contribution is -0.305. The molecule has 2 aliphatic heterocycles. The Labute approximate surface area is 264 Å². The van der Waals surface area contributed by atoms with Crippen LogP contribution in [0.15, 0.2) is 0 Å². The van der Waals surface area contributed by atoms with E-state index in [1.807, 2.05) is 0 Å². The van der Waals surface area contributed by atoms with Crippen molar-refractivity contribution in [3.8, 4) is 0 Å². The standard InChI is InChI=1S/C38H76N2O2/c1-13-15-17-19-20-22-26-42-40-36(9,10)28-34(30-38(40,12)32(5)6)24-23-33-27-35(7,8)39(37(11,29-33)31(3)4)41-25-21-18-16-14-2/h31-34H,13-30H2,1-12H3. The first kappa shape index (κ1) is 38.0. The molecule has 0 aromatic carbocycles. The van der Waals surface area contributed by atoms with Crippen molar-refractivity contribution >= 4 is 0 Å². The Kier molecular flexibility index (Phi) is 15.3. The third-order valence-electron chi connectivity index (χ3n) is 11.4. The third kappa shape index (κ3) is 10.2. The summed E-state index contributed by atoms with van der Waals surface area (Å²) >= 11 is 0. The minimum Gasteiger partial charge on any atom is -0.298 e. The highest BCUT2D eigenvalue weighted by Gasteiger charge is 2.52. The largest absolute Gasteiger partial charge is 0.298 e. The molecule has 2 fully saturated rings. The molecule has 4 unspecified atom stereocenters. The van der Waals surface area contributed by atoms with E-state index in [4.69, 9.17) is 9.68 Å². The fourth-order valence-corrected chi connectivity index (χ4v) is 8.63. The van der Waals surface area contributed by atoms with Crippen LogP contribution in [0.2, 0.25) is 0 Å². The average Bonchev–Trinajstić information content (AvgIpc) is 2.88. The molecule has 4 heteroatoms. The van der Waals surface area contributed by atoms with Crippen LogP contribution in [0.1, 0.15) is 186 Å². The van der Waals surface area contributed by atoms with Gasteiger partial charge in [-0.2, -0.15) is 10.1 Å². The van der Waals surface area contributed by atoms with Gasteiger partial charge in [0.1, 0.15) is 0 Å². The van der Waals surface area contributed by atoms with Gasteiger partial charge < -0.3 is 0 Å². The number of hydroxylamine groups is 4. The van der Waals surface area contributed by atoms with Gasteiger partial charge in [-0.3, -0.25) is 9.68 Å². The fraction of sp³-hybridized carbons (Fsp3) is 1.00. The lowest BCUT2D eigenvalue weighted by Crippen LogP contribution is -2.64. The normalized spacial score (nSPS) is 30.4. The first-order chi connectivity index (χ1) is 19.6. The van der Waals surface area contributed by atoms with Gasteiger partial charge in [0.2, 0.25) is 0 Å². The number of nitrogens with zero attached hydrogens (tertiary/aromatic N) is 2. The molecule has 0 N–H and O–H groups in total. The quantitative estimate of drug-likeness (QED) is 0.139. The number of piperidine rings is 2. The summed E-state index contributed by atoms with van der Waals surface area (Å²) in [6, 6.07) is 0. The van der Waals surface area contributed by atoms with Crippen molar-refractivity contribution in [2.24, 2.45) is 23.7 Å². The zero-order valence-electron chi connectivity index (χ0n) is 30.7. The summed E-state index contributed by atoms with van der Waals surface area (Å²) in [6.07, 6.45) is 20.5. The van der Waals surface area contributed by atoms with Crippen LogP contribution in [0.4, 0.5) is 0 Å². The number of hydrogen-bond donors (Lipinski definition) is 0. The molecule has 2 aliphatic rings. The SMILES string of the molecule is CCCCCCCCON1C(C)(C)CC(CCC2CC(C)(C)N(OCCCCCC)C(C)(C(C)C)C2)CC1(C)C(C)C. The molecule has 250 valence electrons. The van der Waals surface area contributed by atoms with Gasteiger partial charge in [0, 0.05) is 22.2 Å². The monoisotopic (exact) mass is 593 g/mol. The zero-order chi connectivity index (χ0) is 31.6. The van der Waals surface area contributed by atoms with Gasteiger partial charge in [0.05, 0.1) is 13.2 Å². The molecule has 2 rings (SSSR count). The molecule has 2 heterocycles. The van der Waals surface area contributed by atoms with E-state index in [-0.39, 0.29) is 22.2 Å². The Balaban J connectivity index is 2.03. The number of unbranched alkanes of at least 4 members (excludes halogenated alkanes) is 8. The van der Waals surface area contributed by atoms with E-state index in [0.29, 0.717) is 11.8 Å². The predicted molar refractivity (Wildman–Crippen MR) is 182 cm³/mol. The van der Waals surface area contributed by atoms with Crippen molar-refractivity contribution in [3.63, 3.8) is 0 Å². The van der Waals surface area contributed by atoms with Crippen molar-refractivity contribution in [1.82, 2.24) is 10.1 Å². The second-order valence-electron chi connectivity index (χ2n) is 16.9. The van der Waals surface area contributed by atoms with Crippen molar-refractivity contribution in [1.29, 1.82) is 0 Å². The van der Waals surface area contributed by atoms with Gasteiger partial charge in [0.25, 0.3) is 0 Å². The van der Waals surface area contributed by atoms with Gasteiger partial charge in [-0.15, -0.1) is 0 Å². The van der Waals surface area contributed by atoms with E-state index in [1.54, 1.807) is 0 Å². The number of rotatable bonds is 19. The summed E-state index contributed by atoms with van der Waals surface area (Å²) in [5.74, 6) is 2.63. The third-order valence-corrected chi connectivity index (χ3v) is 11.4. The van der Waals surface area contributed by atoms with Crippen LogP contribution in [0.5, 0.6) is 0 Å². The number of hydrogen-bond acceptors (Lipinski definition) is 4. The average molecular weight is 593 g/mol. The Morgan fingerprint density at radius 2 is 0.857 bits per heavy atom. The highest BCUT2D eigenvalue weighted by atomic mass is 16.7. The summed E-state index contributed by atoms with van der Waals surface area (Å²) in [4.78, 5) is 13.3. The van der Waals surface area contributed by atoms with Crippen LogP contribution in [-0.2, 0) is 9.68 Å². The van der Waals surface area contributed by atoms with E-state index in [9.17, 15) is 0 Å². The molecule has 0 amide bonds. The maximum atomic E-state index is 6.68. The highest BCUT2D eigenvalue weighted by molar-refractivity contribution is 5.03. The Bertz CT molecular complexity index is 749. The van der Waals surface area contributed by atoms with Crippen LogP contribution in [-0.4, -0.2) is 45.5 Å². The summed E-state index contributed by atoms with van der Waals surface area (Å²) in [5, 5.41) is 4.91. The van der Waals surface area contributed by atoms with Crippen LogP contribution >= 0.6 is 0 Å². The van der Waals surface area contributed by atoms with Gasteiger partial charge in [0.15, 0.2) is 0 Å². The summed E-state index contributed by atoms with van der Waals surface area (Å²) in [7, 11) is 0. The molecule has 0 aromatic heterocycles. The van der Waals surface area contributed by atoms with E-state index < -0.39 is 0 Å². The van der Waals surface area contributed by atoms with Crippen LogP contribution < -0.4 is 0 Å². The zero-order valence-corrected chi connectivity index (χ0v) is 30.7. The molecule has 0 aliphatic carbocycles. The molecule has 0 saturated carbocycles. The predicted octanol–water partition coefficient (Wildman–Crippen LogP) is 11.4. The maximum absolute atomic E-state index is 6.68. The van der Waals surface area contributed by atoms with Gasteiger partial charge in [-0.25, -0.2) is 0 Å². The summed E-state index contributed by atoms with van der Waals surface area (Å²) in [5.41, 5.74) is 0.281. The van der Waals surface area contributed by atoms with Crippen molar-refractivity contribution in [2.45, 2.75) is 208 Å². The van der Waals surface area contributed by atoms with Crippen LogP contribution in [0.3, 0.4) is 0 Å². The highest BCUT2D eigenvalue weighted by Crippen LogP contribution is 2.50. The first-order valence-corrected chi connectivity index (χ1v) is 18.5. The molecule has 2 saturated heterocycles. The van der Waals surface area contributed by atoms with E-state index >= 15 is 0 Å². The fourth-order valence-electron chi connectivity index (χ4n) is 8.63. The topological polar surface area (TPSA) is 24.9 Å². The van der Waals surface area contributed by atoms with Crippen molar-refractivity contribution < 1.29 is 9.68 Å². The van der Waals surface area contributed by atoms with E-state index in [0.717, 1.165) is 25.0 Å².